The number of aliphatic hydroxyl groups is 2. The lowest BCUT2D eigenvalue weighted by Gasteiger charge is -2.40. The van der Waals surface area contributed by atoms with Gasteiger partial charge in [0, 0.05) is 19.3 Å². The van der Waals surface area contributed by atoms with E-state index >= 15 is 0 Å². The smallest absolute Gasteiger partial charge is 0.335 e. The fourth-order valence-electron chi connectivity index (χ4n) is 10.8. The van der Waals surface area contributed by atoms with Crippen LogP contribution in [-0.4, -0.2) is 89.2 Å². The van der Waals surface area contributed by atoms with Crippen LogP contribution in [0.4, 0.5) is 0 Å². The average Bonchev–Trinajstić information content (AvgIpc) is 3.55. The van der Waals surface area contributed by atoms with Gasteiger partial charge >= 0.3 is 23.9 Å². The summed E-state index contributed by atoms with van der Waals surface area (Å²) in [4.78, 5) is 51.4. The molecule has 83 heavy (non-hydrogen) atoms. The van der Waals surface area contributed by atoms with Crippen molar-refractivity contribution < 1.29 is 58.2 Å². The van der Waals surface area contributed by atoms with Crippen LogP contribution in [-0.2, 0) is 42.9 Å². The second kappa shape index (κ2) is 59.3. The number of carbonyl (C=O) groups excluding carboxylic acids is 3. The third-order valence-corrected chi connectivity index (χ3v) is 16.2. The van der Waals surface area contributed by atoms with Crippen LogP contribution < -0.4 is 0 Å². The molecule has 0 aliphatic carbocycles. The molecule has 0 aromatic heterocycles. The number of carboxylic acids is 1. The Morgan fingerprint density at radius 2 is 0.687 bits per heavy atom. The van der Waals surface area contributed by atoms with Crippen LogP contribution in [0.1, 0.15) is 342 Å². The quantitative estimate of drug-likeness (QED) is 0.0228. The van der Waals surface area contributed by atoms with Crippen LogP contribution in [0.2, 0.25) is 0 Å². The second-order valence-electron chi connectivity index (χ2n) is 24.2. The van der Waals surface area contributed by atoms with Crippen molar-refractivity contribution in [1.29, 1.82) is 0 Å². The summed E-state index contributed by atoms with van der Waals surface area (Å²) in [6.07, 6.45) is 59.5. The molecule has 3 N–H and O–H groups in total. The molecule has 0 amide bonds. The van der Waals surface area contributed by atoms with Crippen LogP contribution in [0.3, 0.4) is 0 Å². The summed E-state index contributed by atoms with van der Waals surface area (Å²) in [7, 11) is 0. The molecular formula is C71H128O12. The first-order valence-electron chi connectivity index (χ1n) is 35.0. The minimum Gasteiger partial charge on any atom is -0.479 e. The molecule has 1 saturated heterocycles. The SMILES string of the molecule is CCCCCCCC/C=C\CCCCCCCCCCCC(=O)OC1C(OCC(COC(=O)CCCCCCCCC/C=C\CCCCCCCC)OC(=O)CCCCCCCCC/C=C\CCCCCCCC)OC(C(=O)O)C(O)C1O. The number of unbranched alkanes of at least 4 members (excludes halogenated alkanes) is 41. The van der Waals surface area contributed by atoms with Crippen molar-refractivity contribution in [2.45, 2.75) is 379 Å². The highest BCUT2D eigenvalue weighted by Crippen LogP contribution is 2.27. The average molecular weight is 1170 g/mol. The molecule has 1 heterocycles. The van der Waals surface area contributed by atoms with E-state index in [0.717, 1.165) is 89.9 Å². The first-order chi connectivity index (χ1) is 40.6. The minimum absolute atomic E-state index is 0.0607. The second-order valence-corrected chi connectivity index (χ2v) is 24.2. The molecule has 6 unspecified atom stereocenters. The fraction of sp³-hybridized carbons (Fsp3) is 0.859. The molecule has 0 bridgehead atoms. The lowest BCUT2D eigenvalue weighted by atomic mass is 9.98. The van der Waals surface area contributed by atoms with E-state index in [-0.39, 0.29) is 25.9 Å². The Kier molecular flexibility index (Phi) is 55.7. The number of carbonyl (C=O) groups is 4. The lowest BCUT2D eigenvalue weighted by molar-refractivity contribution is -0.301. The Balaban J connectivity index is 2.63. The van der Waals surface area contributed by atoms with Crippen LogP contribution in [0.25, 0.3) is 0 Å². The van der Waals surface area contributed by atoms with E-state index in [2.05, 4.69) is 57.2 Å². The molecule has 12 nitrogen and oxygen atoms in total. The Hall–Kier alpha value is -3.06. The number of aliphatic carboxylic acids is 1. The van der Waals surface area contributed by atoms with E-state index in [0.29, 0.717) is 19.3 Å². The first-order valence-corrected chi connectivity index (χ1v) is 35.0. The Labute approximate surface area is 508 Å². The minimum atomic E-state index is -1.90. The summed E-state index contributed by atoms with van der Waals surface area (Å²) in [6.45, 7) is 6.04. The molecule has 1 fully saturated rings. The number of hydrogen-bond donors (Lipinski definition) is 3. The summed E-state index contributed by atoms with van der Waals surface area (Å²) < 4.78 is 28.6. The van der Waals surface area contributed by atoms with Gasteiger partial charge in [-0.2, -0.15) is 0 Å². The molecule has 0 aromatic rings. The molecule has 1 rings (SSSR count). The van der Waals surface area contributed by atoms with E-state index in [4.69, 9.17) is 23.7 Å². The van der Waals surface area contributed by atoms with E-state index in [1.54, 1.807) is 0 Å². The first kappa shape index (κ1) is 78.0. The zero-order valence-electron chi connectivity index (χ0n) is 53.7. The van der Waals surface area contributed by atoms with E-state index in [1.165, 1.54) is 193 Å². The zero-order valence-corrected chi connectivity index (χ0v) is 53.7. The number of ether oxygens (including phenoxy) is 5. The molecule has 0 saturated carbocycles. The van der Waals surface area contributed by atoms with Gasteiger partial charge in [0.25, 0.3) is 0 Å². The number of carboxylic acid groups (broad SMARTS) is 1. The van der Waals surface area contributed by atoms with Gasteiger partial charge in [-0.15, -0.1) is 0 Å². The van der Waals surface area contributed by atoms with Crippen molar-refractivity contribution in [2.24, 2.45) is 0 Å². The Morgan fingerprint density at radius 1 is 0.386 bits per heavy atom. The number of rotatable bonds is 61. The third-order valence-electron chi connectivity index (χ3n) is 16.2. The largest absolute Gasteiger partial charge is 0.479 e. The van der Waals surface area contributed by atoms with Crippen LogP contribution in [0.5, 0.6) is 0 Å². The molecule has 12 heteroatoms. The van der Waals surface area contributed by atoms with Crippen LogP contribution in [0.15, 0.2) is 36.5 Å². The molecule has 0 aromatic carbocycles. The van der Waals surface area contributed by atoms with Crippen LogP contribution >= 0.6 is 0 Å². The summed E-state index contributed by atoms with van der Waals surface area (Å²) in [5.74, 6) is -3.10. The summed E-state index contributed by atoms with van der Waals surface area (Å²) in [6, 6.07) is 0. The maximum atomic E-state index is 13.2. The number of allylic oxidation sites excluding steroid dienone is 6. The predicted molar refractivity (Wildman–Crippen MR) is 340 cm³/mol. The van der Waals surface area contributed by atoms with Crippen molar-refractivity contribution >= 4 is 23.9 Å². The highest BCUT2D eigenvalue weighted by atomic mass is 16.7. The zero-order chi connectivity index (χ0) is 60.3. The van der Waals surface area contributed by atoms with Crippen molar-refractivity contribution in [3.63, 3.8) is 0 Å². The molecule has 1 aliphatic heterocycles. The summed E-state index contributed by atoms with van der Waals surface area (Å²) in [5, 5.41) is 31.7. The number of hydrogen-bond acceptors (Lipinski definition) is 11. The maximum Gasteiger partial charge on any atom is 0.335 e. The van der Waals surface area contributed by atoms with Gasteiger partial charge in [0.2, 0.25) is 0 Å². The highest BCUT2D eigenvalue weighted by molar-refractivity contribution is 5.74. The normalized spacial score (nSPS) is 17.7. The number of esters is 3. The topological polar surface area (TPSA) is 175 Å². The molecule has 0 radical (unpaired) electrons. The fourth-order valence-corrected chi connectivity index (χ4v) is 10.8. The van der Waals surface area contributed by atoms with Gasteiger partial charge in [-0.1, -0.05) is 263 Å². The third kappa shape index (κ3) is 48.7. The lowest BCUT2D eigenvalue weighted by Crippen LogP contribution is -2.61. The van der Waals surface area contributed by atoms with Crippen molar-refractivity contribution in [3.05, 3.63) is 36.5 Å². The van der Waals surface area contributed by atoms with Crippen molar-refractivity contribution in [2.75, 3.05) is 13.2 Å². The molecular weight excluding hydrogens is 1040 g/mol. The standard InChI is InChI=1S/C71H128O12/c1-4-7-10-13-16-19-22-25-28-31-32-35-38-41-44-47-50-53-56-59-65(74)82-69-67(76)66(75)68(70(77)78)83-71(69)80-61-62(81-64(73)58-55-52-49-46-43-40-37-34-30-27-24-21-18-15-12-9-6-3)60-79-63(72)57-54-51-48-45-42-39-36-33-29-26-23-20-17-14-11-8-5-2/h25-30,62,66-69,71,75-76H,4-24,31-61H2,1-3H3,(H,77,78)/b28-25-,29-26-,30-27-. The Bertz CT molecular complexity index is 1580. The predicted octanol–water partition coefficient (Wildman–Crippen LogP) is 19.1. The monoisotopic (exact) mass is 1170 g/mol. The van der Waals surface area contributed by atoms with Crippen molar-refractivity contribution in [3.8, 4) is 0 Å². The van der Waals surface area contributed by atoms with E-state index < -0.39 is 67.3 Å². The van der Waals surface area contributed by atoms with Gasteiger partial charge in [-0.25, -0.2) is 4.79 Å². The number of aliphatic hydroxyl groups excluding tert-OH is 2. The van der Waals surface area contributed by atoms with E-state index in [1.807, 2.05) is 0 Å². The molecule has 0 spiro atoms. The van der Waals surface area contributed by atoms with Crippen molar-refractivity contribution in [1.82, 2.24) is 0 Å². The molecule has 1 aliphatic rings. The van der Waals surface area contributed by atoms with Gasteiger partial charge in [0.1, 0.15) is 18.8 Å². The maximum absolute atomic E-state index is 13.2. The molecule has 6 atom stereocenters. The van der Waals surface area contributed by atoms with Crippen LogP contribution in [0, 0.1) is 0 Å². The summed E-state index contributed by atoms with van der Waals surface area (Å²) >= 11 is 0. The van der Waals surface area contributed by atoms with Gasteiger partial charge < -0.3 is 39.0 Å². The van der Waals surface area contributed by atoms with E-state index in [9.17, 15) is 34.5 Å². The van der Waals surface area contributed by atoms with Gasteiger partial charge in [-0.05, 0) is 96.3 Å². The highest BCUT2D eigenvalue weighted by Gasteiger charge is 2.50. The Morgan fingerprint density at radius 3 is 1.02 bits per heavy atom. The van der Waals surface area contributed by atoms with Gasteiger partial charge in [0.15, 0.2) is 24.6 Å². The summed E-state index contributed by atoms with van der Waals surface area (Å²) in [5.41, 5.74) is 0. The molecule has 484 valence electrons. The van der Waals surface area contributed by atoms with Gasteiger partial charge in [0.05, 0.1) is 6.61 Å². The van der Waals surface area contributed by atoms with Gasteiger partial charge in [-0.3, -0.25) is 14.4 Å².